The van der Waals surface area contributed by atoms with E-state index in [1.54, 1.807) is 25.1 Å². The van der Waals surface area contributed by atoms with Crippen LogP contribution in [0.2, 0.25) is 0 Å². The lowest BCUT2D eigenvalue weighted by Crippen LogP contribution is -2.39. The number of nitrogens with zero attached hydrogens (tertiary/aromatic N) is 2. The first-order valence-corrected chi connectivity index (χ1v) is 12.8. The van der Waals surface area contributed by atoms with Crippen LogP contribution in [0.3, 0.4) is 0 Å². The van der Waals surface area contributed by atoms with Gasteiger partial charge in [0, 0.05) is 6.92 Å². The van der Waals surface area contributed by atoms with Crippen molar-refractivity contribution in [3.8, 4) is 11.5 Å². The zero-order valence-electron chi connectivity index (χ0n) is 22.4. The minimum Gasteiger partial charge on any atom is -0.493 e. The van der Waals surface area contributed by atoms with Crippen molar-refractivity contribution in [3.05, 3.63) is 90.1 Å². The molecule has 1 atom stereocenters. The van der Waals surface area contributed by atoms with Crippen LogP contribution in [-0.4, -0.2) is 30.7 Å². The molecule has 8 nitrogen and oxygen atoms in total. The van der Waals surface area contributed by atoms with Crippen LogP contribution in [0.1, 0.15) is 57.4 Å². The quantitative estimate of drug-likeness (QED) is 0.366. The molecule has 198 valence electrons. The lowest BCUT2D eigenvalue weighted by molar-refractivity contribution is -0.136. The second-order valence-electron chi connectivity index (χ2n) is 9.95. The molecule has 0 unspecified atom stereocenters. The first-order valence-electron chi connectivity index (χ1n) is 12.0. The largest absolute Gasteiger partial charge is 0.493 e. The van der Waals surface area contributed by atoms with Crippen LogP contribution in [0.15, 0.2) is 63.5 Å². The molecule has 0 spiro atoms. The van der Waals surface area contributed by atoms with Crippen molar-refractivity contribution in [1.82, 2.24) is 4.57 Å². The molecule has 0 aliphatic carbocycles. The summed E-state index contributed by atoms with van der Waals surface area (Å²) in [6.45, 7) is 9.45. The van der Waals surface area contributed by atoms with Crippen LogP contribution in [0.5, 0.6) is 11.5 Å². The summed E-state index contributed by atoms with van der Waals surface area (Å²) in [6, 6.07) is 12.2. The van der Waals surface area contributed by atoms with Crippen LogP contribution in [0.4, 0.5) is 0 Å². The predicted molar refractivity (Wildman–Crippen MR) is 145 cm³/mol. The molecule has 1 aliphatic rings. The van der Waals surface area contributed by atoms with Crippen LogP contribution < -0.4 is 24.4 Å². The highest BCUT2D eigenvalue weighted by Crippen LogP contribution is 2.36. The van der Waals surface area contributed by atoms with E-state index >= 15 is 0 Å². The smallest absolute Gasteiger partial charge is 0.338 e. The van der Waals surface area contributed by atoms with Gasteiger partial charge in [-0.25, -0.2) is 9.79 Å². The summed E-state index contributed by atoms with van der Waals surface area (Å²) in [5, 5.41) is 0. The third kappa shape index (κ3) is 5.19. The maximum atomic E-state index is 13.8. The van der Waals surface area contributed by atoms with E-state index in [-0.39, 0.29) is 28.0 Å². The van der Waals surface area contributed by atoms with E-state index in [1.807, 2.05) is 18.2 Å². The molecular weight excluding hydrogens is 504 g/mol. The van der Waals surface area contributed by atoms with Gasteiger partial charge in [-0.05, 0) is 47.2 Å². The Morgan fingerprint density at radius 3 is 2.32 bits per heavy atom. The summed E-state index contributed by atoms with van der Waals surface area (Å²) in [5.74, 6) is -0.565. The maximum Gasteiger partial charge on any atom is 0.338 e. The van der Waals surface area contributed by atoms with Crippen molar-refractivity contribution < 1.29 is 23.8 Å². The SMILES string of the molecule is COC(=O)C1=C(C)N=c2s/c(=C/c3ccc(C(C)(C)C)cc3)c(=O)n2[C@H]1c1ccc(OC(C)=O)c(OC)c1. The number of hydrogen-bond acceptors (Lipinski definition) is 8. The molecule has 2 heterocycles. The normalized spacial score (nSPS) is 15.6. The van der Waals surface area contributed by atoms with Crippen molar-refractivity contribution in [1.29, 1.82) is 0 Å². The number of esters is 2. The molecule has 9 heteroatoms. The fourth-order valence-corrected chi connectivity index (χ4v) is 5.38. The van der Waals surface area contributed by atoms with Gasteiger partial charge < -0.3 is 14.2 Å². The highest BCUT2D eigenvalue weighted by molar-refractivity contribution is 7.07. The number of rotatable bonds is 5. The molecule has 0 saturated heterocycles. The molecule has 1 aromatic heterocycles. The number of allylic oxidation sites excluding steroid dienone is 1. The molecular formula is C29H30N2O6S. The van der Waals surface area contributed by atoms with E-state index in [0.29, 0.717) is 20.6 Å². The first-order chi connectivity index (χ1) is 17.9. The Morgan fingerprint density at radius 2 is 1.74 bits per heavy atom. The Bertz CT molecular complexity index is 1620. The summed E-state index contributed by atoms with van der Waals surface area (Å²) < 4.78 is 17.7. The van der Waals surface area contributed by atoms with Crippen molar-refractivity contribution in [2.75, 3.05) is 14.2 Å². The van der Waals surface area contributed by atoms with Crippen molar-refractivity contribution in [2.24, 2.45) is 4.99 Å². The van der Waals surface area contributed by atoms with Gasteiger partial charge in [0.15, 0.2) is 16.3 Å². The number of fused-ring (bicyclic) bond motifs is 1. The molecule has 4 rings (SSSR count). The molecule has 1 aliphatic heterocycles. The Kier molecular flexibility index (Phi) is 7.42. The van der Waals surface area contributed by atoms with E-state index in [9.17, 15) is 14.4 Å². The fourth-order valence-electron chi connectivity index (χ4n) is 4.33. The predicted octanol–water partition coefficient (Wildman–Crippen LogP) is 3.64. The Balaban J connectivity index is 1.90. The lowest BCUT2D eigenvalue weighted by atomic mass is 9.87. The topological polar surface area (TPSA) is 96.2 Å². The van der Waals surface area contributed by atoms with Crippen molar-refractivity contribution >= 4 is 29.4 Å². The molecule has 0 N–H and O–H groups in total. The van der Waals surface area contributed by atoms with Crippen molar-refractivity contribution in [2.45, 2.75) is 46.1 Å². The monoisotopic (exact) mass is 534 g/mol. The minimum absolute atomic E-state index is 0.0196. The molecule has 0 bridgehead atoms. The third-order valence-electron chi connectivity index (χ3n) is 6.26. The summed E-state index contributed by atoms with van der Waals surface area (Å²) in [4.78, 5) is 43.2. The number of ether oxygens (including phenoxy) is 3. The summed E-state index contributed by atoms with van der Waals surface area (Å²) in [5.41, 5.74) is 3.09. The zero-order valence-corrected chi connectivity index (χ0v) is 23.3. The second kappa shape index (κ2) is 10.4. The molecule has 0 radical (unpaired) electrons. The number of aromatic nitrogens is 1. The number of thiazole rings is 1. The van der Waals surface area contributed by atoms with Gasteiger partial charge in [0.2, 0.25) is 0 Å². The molecule has 0 amide bonds. The van der Waals surface area contributed by atoms with E-state index in [4.69, 9.17) is 14.2 Å². The third-order valence-corrected chi connectivity index (χ3v) is 7.24. The molecule has 2 aromatic carbocycles. The molecule has 0 saturated carbocycles. The highest BCUT2D eigenvalue weighted by atomic mass is 32.1. The summed E-state index contributed by atoms with van der Waals surface area (Å²) in [6.07, 6.45) is 1.83. The van der Waals surface area contributed by atoms with Gasteiger partial charge in [0.05, 0.1) is 36.1 Å². The van der Waals surface area contributed by atoms with Gasteiger partial charge in [0.25, 0.3) is 5.56 Å². The number of hydrogen-bond donors (Lipinski definition) is 0. The average molecular weight is 535 g/mol. The van der Waals surface area contributed by atoms with Gasteiger partial charge >= 0.3 is 11.9 Å². The van der Waals surface area contributed by atoms with Gasteiger partial charge in [-0.15, -0.1) is 0 Å². The van der Waals surface area contributed by atoms with Crippen LogP contribution in [0.25, 0.3) is 6.08 Å². The van der Waals surface area contributed by atoms with Crippen LogP contribution in [0, 0.1) is 0 Å². The number of benzene rings is 2. The fraction of sp³-hybridized carbons (Fsp3) is 0.310. The van der Waals surface area contributed by atoms with Crippen molar-refractivity contribution in [3.63, 3.8) is 0 Å². The second-order valence-corrected chi connectivity index (χ2v) is 11.0. The average Bonchev–Trinajstić information content (AvgIpc) is 3.16. The number of methoxy groups -OCH3 is 2. The maximum absolute atomic E-state index is 13.8. The van der Waals surface area contributed by atoms with Gasteiger partial charge in [-0.1, -0.05) is 62.4 Å². The zero-order chi connectivity index (χ0) is 27.8. The Hall–Kier alpha value is -3.98. The Morgan fingerprint density at radius 1 is 1.05 bits per heavy atom. The van der Waals surface area contributed by atoms with E-state index < -0.39 is 18.0 Å². The lowest BCUT2D eigenvalue weighted by Gasteiger charge is -2.25. The standard InChI is InChI=1S/C29H30N2O6S/c1-16-24(27(34)36-7)25(19-10-13-21(37-17(2)32)22(15-19)35-6)31-26(33)23(38-28(31)30-16)14-18-8-11-20(12-9-18)29(3,4)5/h8-15,25H,1-7H3/b23-14+/t25-/m0/s1. The molecule has 3 aromatic rings. The van der Waals surface area contributed by atoms with Crippen LogP contribution >= 0.6 is 11.3 Å². The minimum atomic E-state index is -0.815. The van der Waals surface area contributed by atoms with Crippen LogP contribution in [-0.2, 0) is 19.7 Å². The van der Waals surface area contributed by atoms with Gasteiger partial charge in [-0.3, -0.25) is 14.2 Å². The van der Waals surface area contributed by atoms with E-state index in [2.05, 4.69) is 37.9 Å². The highest BCUT2D eigenvalue weighted by Gasteiger charge is 2.33. The number of carbonyl (C=O) groups is 2. The molecule has 38 heavy (non-hydrogen) atoms. The van der Waals surface area contributed by atoms with E-state index in [0.717, 1.165) is 5.56 Å². The van der Waals surface area contributed by atoms with Gasteiger partial charge in [-0.2, -0.15) is 0 Å². The summed E-state index contributed by atoms with van der Waals surface area (Å²) >= 11 is 1.25. The van der Waals surface area contributed by atoms with E-state index in [1.165, 1.54) is 42.6 Å². The van der Waals surface area contributed by atoms with Gasteiger partial charge in [0.1, 0.15) is 0 Å². The Labute approximate surface area is 224 Å². The first kappa shape index (κ1) is 27.1. The number of carbonyl (C=O) groups excluding carboxylic acids is 2. The summed E-state index contributed by atoms with van der Waals surface area (Å²) in [7, 11) is 2.74. The molecule has 0 fully saturated rings.